The van der Waals surface area contributed by atoms with Crippen LogP contribution in [0.5, 0.6) is 11.5 Å². The van der Waals surface area contributed by atoms with E-state index in [1.807, 2.05) is 13.1 Å². The third-order valence-corrected chi connectivity index (χ3v) is 5.44. The minimum absolute atomic E-state index is 0. The maximum atomic E-state index is 5.43. The Hall–Kier alpha value is -1.22. The smallest absolute Gasteiger partial charge is 0.231 e. The van der Waals surface area contributed by atoms with Gasteiger partial charge in [-0.2, -0.15) is 0 Å². The standard InChI is InChI=1S/C21H34N4O2.HI/c1-17-8-13-25(14-9-17)12-4-3-10-23-21(22-2)24-11-7-18-5-6-19-20(15-18)27-16-26-19;/h5-6,15,17H,3-4,7-14,16H2,1-2H3,(H2,22,23,24);1H. The van der Waals surface area contributed by atoms with E-state index < -0.39 is 0 Å². The Bertz CT molecular complexity index is 618. The lowest BCUT2D eigenvalue weighted by Gasteiger charge is -2.30. The second-order valence-corrected chi connectivity index (χ2v) is 7.59. The summed E-state index contributed by atoms with van der Waals surface area (Å²) in [6.07, 6.45) is 6.06. The summed E-state index contributed by atoms with van der Waals surface area (Å²) in [6, 6.07) is 6.13. The van der Waals surface area contributed by atoms with Gasteiger partial charge in [0.1, 0.15) is 0 Å². The number of nitrogens with zero attached hydrogens (tertiary/aromatic N) is 2. The predicted octanol–water partition coefficient (Wildman–Crippen LogP) is 3.25. The van der Waals surface area contributed by atoms with Crippen LogP contribution in [0.4, 0.5) is 0 Å². The van der Waals surface area contributed by atoms with Gasteiger partial charge in [0.15, 0.2) is 17.5 Å². The lowest BCUT2D eigenvalue weighted by Crippen LogP contribution is -2.39. The molecule has 1 aromatic rings. The fourth-order valence-corrected chi connectivity index (χ4v) is 3.60. The van der Waals surface area contributed by atoms with Gasteiger partial charge in [0.05, 0.1) is 0 Å². The molecule has 3 rings (SSSR count). The van der Waals surface area contributed by atoms with Crippen LogP contribution in [0.2, 0.25) is 0 Å². The lowest BCUT2D eigenvalue weighted by atomic mass is 9.99. The van der Waals surface area contributed by atoms with Crippen molar-refractivity contribution in [2.75, 3.05) is 46.6 Å². The molecule has 28 heavy (non-hydrogen) atoms. The first-order valence-corrected chi connectivity index (χ1v) is 10.3. The highest BCUT2D eigenvalue weighted by atomic mass is 127. The Balaban J connectivity index is 0.00000280. The minimum Gasteiger partial charge on any atom is -0.454 e. The Morgan fingerprint density at radius 3 is 2.64 bits per heavy atom. The fourth-order valence-electron chi connectivity index (χ4n) is 3.60. The van der Waals surface area contributed by atoms with Gasteiger partial charge < -0.3 is 25.0 Å². The fraction of sp³-hybridized carbons (Fsp3) is 0.667. The summed E-state index contributed by atoms with van der Waals surface area (Å²) < 4.78 is 10.8. The van der Waals surface area contributed by atoms with Crippen LogP contribution >= 0.6 is 24.0 Å². The van der Waals surface area contributed by atoms with Crippen LogP contribution in [0.3, 0.4) is 0 Å². The van der Waals surface area contributed by atoms with Crippen molar-refractivity contribution in [3.63, 3.8) is 0 Å². The molecule has 1 aromatic carbocycles. The Morgan fingerprint density at radius 2 is 1.86 bits per heavy atom. The number of ether oxygens (including phenoxy) is 2. The molecule has 2 aliphatic rings. The van der Waals surface area contributed by atoms with Crippen molar-refractivity contribution in [1.82, 2.24) is 15.5 Å². The van der Waals surface area contributed by atoms with E-state index in [1.165, 1.54) is 50.9 Å². The van der Waals surface area contributed by atoms with E-state index in [2.05, 4.69) is 39.6 Å². The molecule has 2 aliphatic heterocycles. The van der Waals surface area contributed by atoms with Crippen molar-refractivity contribution < 1.29 is 9.47 Å². The maximum absolute atomic E-state index is 5.43. The van der Waals surface area contributed by atoms with Crippen molar-refractivity contribution in [3.05, 3.63) is 23.8 Å². The molecule has 2 N–H and O–H groups in total. The van der Waals surface area contributed by atoms with E-state index in [0.717, 1.165) is 42.9 Å². The Labute approximate surface area is 186 Å². The Kier molecular flexibility index (Phi) is 10.2. The van der Waals surface area contributed by atoms with E-state index >= 15 is 0 Å². The SMILES string of the molecule is CN=C(NCCCCN1CCC(C)CC1)NCCc1ccc2c(c1)OCO2.I. The summed E-state index contributed by atoms with van der Waals surface area (Å²) in [7, 11) is 1.82. The van der Waals surface area contributed by atoms with Crippen molar-refractivity contribution in [1.29, 1.82) is 0 Å². The zero-order valence-corrected chi connectivity index (χ0v) is 19.5. The quantitative estimate of drug-likeness (QED) is 0.248. The molecule has 1 saturated heterocycles. The highest BCUT2D eigenvalue weighted by Crippen LogP contribution is 2.32. The van der Waals surface area contributed by atoms with Crippen LogP contribution in [-0.4, -0.2) is 57.4 Å². The summed E-state index contributed by atoms with van der Waals surface area (Å²) in [5.41, 5.74) is 1.23. The maximum Gasteiger partial charge on any atom is 0.231 e. The van der Waals surface area contributed by atoms with Gasteiger partial charge in [-0.25, -0.2) is 0 Å². The minimum atomic E-state index is 0. The van der Waals surface area contributed by atoms with E-state index in [0.29, 0.717) is 6.79 Å². The summed E-state index contributed by atoms with van der Waals surface area (Å²) in [5, 5.41) is 6.80. The highest BCUT2D eigenvalue weighted by molar-refractivity contribution is 14.0. The van der Waals surface area contributed by atoms with E-state index in [4.69, 9.17) is 9.47 Å². The molecule has 1 fully saturated rings. The number of unbranched alkanes of at least 4 members (excludes halogenated alkanes) is 1. The average molecular weight is 502 g/mol. The topological polar surface area (TPSA) is 58.1 Å². The first kappa shape index (κ1) is 23.1. The van der Waals surface area contributed by atoms with Crippen molar-refractivity contribution in [2.24, 2.45) is 10.9 Å². The molecule has 0 radical (unpaired) electrons. The lowest BCUT2D eigenvalue weighted by molar-refractivity contribution is 0.174. The monoisotopic (exact) mass is 502 g/mol. The van der Waals surface area contributed by atoms with Crippen LogP contribution in [0.25, 0.3) is 0 Å². The van der Waals surface area contributed by atoms with E-state index in [1.54, 1.807) is 0 Å². The number of guanidine groups is 1. The first-order chi connectivity index (χ1) is 13.2. The second kappa shape index (κ2) is 12.4. The van der Waals surface area contributed by atoms with Crippen molar-refractivity contribution >= 4 is 29.9 Å². The van der Waals surface area contributed by atoms with Crippen LogP contribution in [0.1, 0.15) is 38.2 Å². The van der Waals surface area contributed by atoms with Crippen LogP contribution in [0.15, 0.2) is 23.2 Å². The third-order valence-electron chi connectivity index (χ3n) is 5.44. The summed E-state index contributed by atoms with van der Waals surface area (Å²) in [4.78, 5) is 6.92. The molecule has 7 heteroatoms. The molecule has 6 nitrogen and oxygen atoms in total. The molecule has 0 atom stereocenters. The number of aliphatic imine (C=N–C) groups is 1. The number of halogens is 1. The largest absolute Gasteiger partial charge is 0.454 e. The molecule has 158 valence electrons. The molecule has 0 bridgehead atoms. The van der Waals surface area contributed by atoms with Crippen LogP contribution in [-0.2, 0) is 6.42 Å². The van der Waals surface area contributed by atoms with Crippen molar-refractivity contribution in [2.45, 2.75) is 39.0 Å². The normalized spacial score (nSPS) is 17.3. The molecular weight excluding hydrogens is 467 g/mol. The molecule has 0 spiro atoms. The Morgan fingerprint density at radius 1 is 1.11 bits per heavy atom. The van der Waals surface area contributed by atoms with Crippen LogP contribution in [0, 0.1) is 5.92 Å². The van der Waals surface area contributed by atoms with Gasteiger partial charge in [0.2, 0.25) is 6.79 Å². The van der Waals surface area contributed by atoms with Gasteiger partial charge in [-0.05, 0) is 75.4 Å². The zero-order valence-electron chi connectivity index (χ0n) is 17.2. The number of nitrogens with one attached hydrogen (secondary N) is 2. The molecule has 0 amide bonds. The number of fused-ring (bicyclic) bond motifs is 1. The van der Waals surface area contributed by atoms with Gasteiger partial charge in [-0.1, -0.05) is 13.0 Å². The molecular formula is C21H35IN4O2. The summed E-state index contributed by atoms with van der Waals surface area (Å²) >= 11 is 0. The van der Waals surface area contributed by atoms with Gasteiger partial charge in [0.25, 0.3) is 0 Å². The number of likely N-dealkylation sites (tertiary alicyclic amines) is 1. The van der Waals surface area contributed by atoms with Crippen molar-refractivity contribution in [3.8, 4) is 11.5 Å². The second-order valence-electron chi connectivity index (χ2n) is 7.59. The number of rotatable bonds is 8. The number of hydrogen-bond acceptors (Lipinski definition) is 4. The first-order valence-electron chi connectivity index (χ1n) is 10.3. The molecule has 2 heterocycles. The summed E-state index contributed by atoms with van der Waals surface area (Å²) in [5.74, 6) is 3.47. The zero-order chi connectivity index (χ0) is 18.9. The summed E-state index contributed by atoms with van der Waals surface area (Å²) in [6.45, 7) is 8.27. The van der Waals surface area contributed by atoms with E-state index in [-0.39, 0.29) is 24.0 Å². The van der Waals surface area contributed by atoms with E-state index in [9.17, 15) is 0 Å². The number of hydrogen-bond donors (Lipinski definition) is 2. The number of benzene rings is 1. The predicted molar refractivity (Wildman–Crippen MR) is 125 cm³/mol. The highest BCUT2D eigenvalue weighted by Gasteiger charge is 2.15. The van der Waals surface area contributed by atoms with Crippen LogP contribution < -0.4 is 20.1 Å². The molecule has 0 aromatic heterocycles. The van der Waals surface area contributed by atoms with Gasteiger partial charge in [-0.15, -0.1) is 24.0 Å². The molecule has 0 aliphatic carbocycles. The molecule has 0 unspecified atom stereocenters. The van der Waals surface area contributed by atoms with Gasteiger partial charge in [-0.3, -0.25) is 4.99 Å². The van der Waals surface area contributed by atoms with Gasteiger partial charge >= 0.3 is 0 Å². The van der Waals surface area contributed by atoms with Gasteiger partial charge in [0, 0.05) is 20.1 Å². The number of piperidine rings is 1. The molecule has 0 saturated carbocycles. The average Bonchev–Trinajstić information content (AvgIpc) is 3.15. The third kappa shape index (κ3) is 7.31.